The van der Waals surface area contributed by atoms with Crippen molar-refractivity contribution in [2.75, 3.05) is 23.3 Å². The highest BCUT2D eigenvalue weighted by Crippen LogP contribution is 2.30. The Labute approximate surface area is 154 Å². The smallest absolute Gasteiger partial charge is 0.246 e. The first kappa shape index (κ1) is 16.6. The molecule has 0 amide bonds. The van der Waals surface area contributed by atoms with Gasteiger partial charge in [0, 0.05) is 25.9 Å². The van der Waals surface area contributed by atoms with Crippen molar-refractivity contribution in [3.63, 3.8) is 0 Å². The Morgan fingerprint density at radius 1 is 1.15 bits per heavy atom. The summed E-state index contributed by atoms with van der Waals surface area (Å²) in [5.41, 5.74) is 3.55. The van der Waals surface area contributed by atoms with Gasteiger partial charge in [-0.25, -0.2) is 4.68 Å². The summed E-state index contributed by atoms with van der Waals surface area (Å²) < 4.78 is 1.75. The van der Waals surface area contributed by atoms with Crippen LogP contribution < -0.4 is 10.2 Å². The molecule has 1 unspecified atom stereocenters. The van der Waals surface area contributed by atoms with Crippen molar-refractivity contribution in [3.8, 4) is 5.69 Å². The summed E-state index contributed by atoms with van der Waals surface area (Å²) >= 11 is 0. The molecule has 1 saturated heterocycles. The van der Waals surface area contributed by atoms with Gasteiger partial charge in [-0.15, -0.1) is 5.10 Å². The van der Waals surface area contributed by atoms with Crippen molar-refractivity contribution in [2.45, 2.75) is 25.9 Å². The molecule has 6 nitrogen and oxygen atoms in total. The standard InChI is InChI=1S/C20H23N5O.H2/c1-15-10-16(12-18(11-15)24-9-8-20(2,26)13-24)22-19-21-14-25(23-19)17-6-4-3-5-7-17;/h3-7,10-12,14,26H,8-9,13H2,1-2H3,(H,22,23);1H. The minimum Gasteiger partial charge on any atom is -0.388 e. The molecule has 2 N–H and O–H groups in total. The molecular formula is C20H25N5O. The molecule has 0 bridgehead atoms. The molecule has 0 spiro atoms. The number of nitrogens with zero attached hydrogens (tertiary/aromatic N) is 4. The molecule has 4 rings (SSSR count). The number of aliphatic hydroxyl groups is 1. The van der Waals surface area contributed by atoms with Crippen LogP contribution in [0.2, 0.25) is 0 Å². The van der Waals surface area contributed by atoms with Crippen LogP contribution in [0.1, 0.15) is 20.3 Å². The lowest BCUT2D eigenvalue weighted by Crippen LogP contribution is -2.29. The molecular weight excluding hydrogens is 326 g/mol. The van der Waals surface area contributed by atoms with E-state index in [2.05, 4.69) is 45.4 Å². The van der Waals surface area contributed by atoms with Gasteiger partial charge >= 0.3 is 0 Å². The summed E-state index contributed by atoms with van der Waals surface area (Å²) in [6.07, 6.45) is 2.48. The number of rotatable bonds is 4. The molecule has 0 saturated carbocycles. The number of β-amino-alcohol motifs (C(OH)–C–C–N with tert-alkyl or cyclic N) is 1. The van der Waals surface area contributed by atoms with E-state index in [0.717, 1.165) is 35.6 Å². The Kier molecular flexibility index (Phi) is 4.12. The quantitative estimate of drug-likeness (QED) is 0.753. The van der Waals surface area contributed by atoms with E-state index in [1.807, 2.05) is 37.3 Å². The number of para-hydroxylation sites is 1. The van der Waals surface area contributed by atoms with E-state index in [-0.39, 0.29) is 1.43 Å². The highest BCUT2D eigenvalue weighted by Gasteiger charge is 2.31. The lowest BCUT2D eigenvalue weighted by Gasteiger charge is -2.22. The van der Waals surface area contributed by atoms with E-state index < -0.39 is 5.60 Å². The van der Waals surface area contributed by atoms with Gasteiger partial charge in [0.2, 0.25) is 5.95 Å². The molecule has 0 aliphatic carbocycles. The van der Waals surface area contributed by atoms with Gasteiger partial charge in [0.15, 0.2) is 0 Å². The van der Waals surface area contributed by atoms with Crippen molar-refractivity contribution in [3.05, 3.63) is 60.4 Å². The zero-order valence-corrected chi connectivity index (χ0v) is 15.1. The zero-order chi connectivity index (χ0) is 18.1. The number of nitrogens with one attached hydrogen (secondary N) is 1. The molecule has 2 heterocycles. The largest absolute Gasteiger partial charge is 0.388 e. The van der Waals surface area contributed by atoms with Gasteiger partial charge in [-0.3, -0.25) is 0 Å². The van der Waals surface area contributed by atoms with Crippen LogP contribution in [0.15, 0.2) is 54.9 Å². The van der Waals surface area contributed by atoms with Gasteiger partial charge in [-0.05, 0) is 56.2 Å². The van der Waals surface area contributed by atoms with Gasteiger partial charge in [0.05, 0.1) is 11.3 Å². The maximum atomic E-state index is 10.2. The first-order valence-corrected chi connectivity index (χ1v) is 8.82. The Hall–Kier alpha value is -2.86. The SMILES string of the molecule is Cc1cc(Nc2ncn(-c3ccccc3)n2)cc(N2CCC(C)(O)C2)c1.[HH]. The van der Waals surface area contributed by atoms with Crippen LogP contribution in [-0.4, -0.2) is 38.6 Å². The molecule has 6 heteroatoms. The Bertz CT molecular complexity index is 910. The van der Waals surface area contributed by atoms with Crippen LogP contribution in [0.4, 0.5) is 17.3 Å². The molecule has 1 aliphatic heterocycles. The Morgan fingerprint density at radius 3 is 2.69 bits per heavy atom. The van der Waals surface area contributed by atoms with Crippen molar-refractivity contribution in [1.82, 2.24) is 14.8 Å². The molecule has 1 aromatic heterocycles. The molecule has 136 valence electrons. The maximum Gasteiger partial charge on any atom is 0.246 e. The van der Waals surface area contributed by atoms with Crippen molar-refractivity contribution >= 4 is 17.3 Å². The molecule has 0 radical (unpaired) electrons. The third kappa shape index (κ3) is 3.55. The van der Waals surface area contributed by atoms with Crippen LogP contribution in [0.3, 0.4) is 0 Å². The molecule has 1 atom stereocenters. The fraction of sp³-hybridized carbons (Fsp3) is 0.300. The summed E-state index contributed by atoms with van der Waals surface area (Å²) in [5.74, 6) is 0.554. The first-order chi connectivity index (χ1) is 12.5. The summed E-state index contributed by atoms with van der Waals surface area (Å²) in [6, 6.07) is 16.2. The number of hydrogen-bond donors (Lipinski definition) is 2. The van der Waals surface area contributed by atoms with E-state index in [9.17, 15) is 5.11 Å². The second-order valence-corrected chi connectivity index (χ2v) is 7.20. The third-order valence-electron chi connectivity index (χ3n) is 4.65. The van der Waals surface area contributed by atoms with Crippen molar-refractivity contribution in [2.24, 2.45) is 0 Å². The minimum atomic E-state index is -0.618. The van der Waals surface area contributed by atoms with E-state index in [0.29, 0.717) is 12.5 Å². The van der Waals surface area contributed by atoms with Crippen molar-refractivity contribution < 1.29 is 6.53 Å². The van der Waals surface area contributed by atoms with Crippen LogP contribution in [0.25, 0.3) is 5.69 Å². The van der Waals surface area contributed by atoms with Gasteiger partial charge in [0.1, 0.15) is 6.33 Å². The molecule has 1 fully saturated rings. The number of hydrogen-bond acceptors (Lipinski definition) is 5. The number of benzene rings is 2. The normalized spacial score (nSPS) is 19.7. The number of anilines is 3. The highest BCUT2D eigenvalue weighted by molar-refractivity contribution is 5.64. The summed E-state index contributed by atoms with van der Waals surface area (Å²) in [5, 5.41) is 18.0. The minimum absolute atomic E-state index is 0. The van der Waals surface area contributed by atoms with Gasteiger partial charge in [-0.2, -0.15) is 4.98 Å². The summed E-state index contributed by atoms with van der Waals surface area (Å²) in [6.45, 7) is 5.47. The summed E-state index contributed by atoms with van der Waals surface area (Å²) in [4.78, 5) is 6.57. The van der Waals surface area contributed by atoms with E-state index in [1.54, 1.807) is 11.0 Å². The average Bonchev–Trinajstić information content (AvgIpc) is 3.21. The Balaban J connectivity index is 0.00000210. The highest BCUT2D eigenvalue weighted by atomic mass is 16.3. The van der Waals surface area contributed by atoms with Crippen LogP contribution in [0.5, 0.6) is 0 Å². The van der Waals surface area contributed by atoms with Crippen LogP contribution in [-0.2, 0) is 0 Å². The van der Waals surface area contributed by atoms with Crippen molar-refractivity contribution in [1.29, 1.82) is 0 Å². The fourth-order valence-corrected chi connectivity index (χ4v) is 3.34. The van der Waals surface area contributed by atoms with E-state index in [4.69, 9.17) is 0 Å². The lowest BCUT2D eigenvalue weighted by atomic mass is 10.1. The van der Waals surface area contributed by atoms with Crippen LogP contribution in [0, 0.1) is 6.92 Å². The van der Waals surface area contributed by atoms with Gasteiger partial charge < -0.3 is 15.3 Å². The molecule has 2 aromatic carbocycles. The maximum absolute atomic E-state index is 10.2. The van der Waals surface area contributed by atoms with Crippen LogP contribution >= 0.6 is 0 Å². The third-order valence-corrected chi connectivity index (χ3v) is 4.65. The average molecular weight is 351 g/mol. The van der Waals surface area contributed by atoms with E-state index in [1.165, 1.54) is 0 Å². The first-order valence-electron chi connectivity index (χ1n) is 8.82. The van der Waals surface area contributed by atoms with E-state index >= 15 is 0 Å². The number of aryl methyl sites for hydroxylation is 1. The molecule has 3 aromatic rings. The molecule has 1 aliphatic rings. The zero-order valence-electron chi connectivity index (χ0n) is 15.1. The predicted octanol–water partition coefficient (Wildman–Crippen LogP) is 3.53. The molecule has 26 heavy (non-hydrogen) atoms. The summed E-state index contributed by atoms with van der Waals surface area (Å²) in [7, 11) is 0. The monoisotopic (exact) mass is 351 g/mol. The second-order valence-electron chi connectivity index (χ2n) is 7.20. The number of aromatic nitrogens is 3. The lowest BCUT2D eigenvalue weighted by molar-refractivity contribution is 0.0839. The fourth-order valence-electron chi connectivity index (χ4n) is 3.34. The predicted molar refractivity (Wildman–Crippen MR) is 105 cm³/mol. The second kappa shape index (κ2) is 6.46. The van der Waals surface area contributed by atoms with Gasteiger partial charge in [0.25, 0.3) is 0 Å². The van der Waals surface area contributed by atoms with Gasteiger partial charge in [-0.1, -0.05) is 18.2 Å². The Morgan fingerprint density at radius 2 is 1.96 bits per heavy atom. The topological polar surface area (TPSA) is 66.2 Å².